The van der Waals surface area contributed by atoms with E-state index < -0.39 is 0 Å². The summed E-state index contributed by atoms with van der Waals surface area (Å²) in [4.78, 5) is 13.7. The third-order valence-electron chi connectivity index (χ3n) is 2.66. The number of hydrogen-bond donors (Lipinski definition) is 0. The summed E-state index contributed by atoms with van der Waals surface area (Å²) in [6, 6.07) is 10.1. The van der Waals surface area contributed by atoms with Gasteiger partial charge < -0.3 is 4.90 Å². The third kappa shape index (κ3) is 8.93. The van der Waals surface area contributed by atoms with Crippen LogP contribution in [-0.4, -0.2) is 23.1 Å². The molecule has 1 amide bonds. The first-order chi connectivity index (χ1) is 10.8. The Bertz CT molecular complexity index is 390. The van der Waals surface area contributed by atoms with Crippen LogP contribution in [0.25, 0.3) is 0 Å². The van der Waals surface area contributed by atoms with Gasteiger partial charge in [-0.1, -0.05) is 78.5 Å². The zero-order valence-corrected chi connectivity index (χ0v) is 16.0. The van der Waals surface area contributed by atoms with Crippen LogP contribution in [0.3, 0.4) is 0 Å². The largest absolute Gasteiger partial charge is 0.306 e. The summed E-state index contributed by atoms with van der Waals surface area (Å²) >= 11 is 1.67. The van der Waals surface area contributed by atoms with Gasteiger partial charge in [-0.3, -0.25) is 4.79 Å². The van der Waals surface area contributed by atoms with Crippen molar-refractivity contribution in [3.63, 3.8) is 0 Å². The molecule has 1 aliphatic rings. The van der Waals surface area contributed by atoms with Crippen molar-refractivity contribution in [3.05, 3.63) is 47.5 Å². The van der Waals surface area contributed by atoms with Crippen LogP contribution in [0.1, 0.15) is 53.5 Å². The van der Waals surface area contributed by atoms with E-state index in [1.807, 2.05) is 59.7 Å². The maximum atomic E-state index is 11.9. The second kappa shape index (κ2) is 16.2. The number of carbonyl (C=O) groups is 1. The van der Waals surface area contributed by atoms with Crippen molar-refractivity contribution >= 4 is 17.7 Å². The fourth-order valence-electron chi connectivity index (χ4n) is 1.75. The van der Waals surface area contributed by atoms with Gasteiger partial charge in [0.2, 0.25) is 5.91 Å². The van der Waals surface area contributed by atoms with Crippen molar-refractivity contribution in [2.24, 2.45) is 0 Å². The van der Waals surface area contributed by atoms with Crippen molar-refractivity contribution < 1.29 is 4.79 Å². The molecule has 0 N–H and O–H groups in total. The summed E-state index contributed by atoms with van der Waals surface area (Å²) in [6.45, 7) is 16.7. The topological polar surface area (TPSA) is 20.3 Å². The fourth-order valence-corrected chi connectivity index (χ4v) is 2.61. The van der Waals surface area contributed by atoms with Gasteiger partial charge in [0.15, 0.2) is 0 Å². The smallest absolute Gasteiger partial charge is 0.227 e. The minimum Gasteiger partial charge on any atom is -0.306 e. The van der Waals surface area contributed by atoms with Crippen LogP contribution < -0.4 is 0 Å². The van der Waals surface area contributed by atoms with E-state index in [-0.39, 0.29) is 5.91 Å². The van der Waals surface area contributed by atoms with E-state index in [0.717, 1.165) is 23.7 Å². The number of rotatable bonds is 3. The van der Waals surface area contributed by atoms with Crippen LogP contribution in [0.2, 0.25) is 0 Å². The molecule has 22 heavy (non-hydrogen) atoms. The Morgan fingerprint density at radius 3 is 2.09 bits per heavy atom. The summed E-state index contributed by atoms with van der Waals surface area (Å²) in [5.74, 6) is 1.18. The SMILES string of the molecule is C=C1SCCN1C(=O)CCc1ccccc1.CC.CC.CC. The molecule has 0 spiro atoms. The Morgan fingerprint density at radius 2 is 1.64 bits per heavy atom. The Kier molecular flexibility index (Phi) is 16.9. The molecule has 126 valence electrons. The summed E-state index contributed by atoms with van der Waals surface area (Å²) < 4.78 is 0. The number of benzene rings is 1. The number of carbonyl (C=O) groups excluding carboxylic acids is 1. The van der Waals surface area contributed by atoms with E-state index in [9.17, 15) is 4.79 Å². The van der Waals surface area contributed by atoms with E-state index in [2.05, 4.69) is 18.7 Å². The zero-order valence-electron chi connectivity index (χ0n) is 15.2. The van der Waals surface area contributed by atoms with Crippen LogP contribution in [-0.2, 0) is 11.2 Å². The average molecular weight is 324 g/mol. The minimum absolute atomic E-state index is 0.193. The third-order valence-corrected chi connectivity index (χ3v) is 3.60. The highest BCUT2D eigenvalue weighted by molar-refractivity contribution is 8.03. The molecule has 1 aromatic rings. The van der Waals surface area contributed by atoms with Crippen molar-refractivity contribution in [3.8, 4) is 0 Å². The molecule has 2 rings (SSSR count). The predicted octanol–water partition coefficient (Wildman–Crippen LogP) is 5.74. The van der Waals surface area contributed by atoms with Gasteiger partial charge in [0.05, 0.1) is 5.03 Å². The van der Waals surface area contributed by atoms with Crippen molar-refractivity contribution in [2.75, 3.05) is 12.3 Å². The molecule has 0 aliphatic carbocycles. The van der Waals surface area contributed by atoms with Crippen LogP contribution in [0, 0.1) is 0 Å². The van der Waals surface area contributed by atoms with Gasteiger partial charge >= 0.3 is 0 Å². The van der Waals surface area contributed by atoms with E-state index in [1.54, 1.807) is 16.7 Å². The summed E-state index contributed by atoms with van der Waals surface area (Å²) in [5.41, 5.74) is 1.22. The van der Waals surface area contributed by atoms with E-state index in [4.69, 9.17) is 0 Å². The Balaban J connectivity index is 0. The molecule has 0 unspecified atom stereocenters. The van der Waals surface area contributed by atoms with Crippen molar-refractivity contribution in [1.29, 1.82) is 0 Å². The van der Waals surface area contributed by atoms with Gasteiger partial charge in [-0.05, 0) is 12.0 Å². The molecule has 0 atom stereocenters. The number of thioether (sulfide) groups is 1. The average Bonchev–Trinajstić information content (AvgIpc) is 3.05. The van der Waals surface area contributed by atoms with Gasteiger partial charge in [0.1, 0.15) is 0 Å². The minimum atomic E-state index is 0.193. The maximum Gasteiger partial charge on any atom is 0.227 e. The molecule has 1 heterocycles. The van der Waals surface area contributed by atoms with Crippen LogP contribution >= 0.6 is 11.8 Å². The van der Waals surface area contributed by atoms with Crippen LogP contribution in [0.5, 0.6) is 0 Å². The van der Waals surface area contributed by atoms with Crippen LogP contribution in [0.15, 0.2) is 41.9 Å². The molecule has 0 aromatic heterocycles. The van der Waals surface area contributed by atoms with Crippen molar-refractivity contribution in [2.45, 2.75) is 54.4 Å². The lowest BCUT2D eigenvalue weighted by atomic mass is 10.1. The first-order valence-electron chi connectivity index (χ1n) is 8.43. The molecule has 1 aliphatic heterocycles. The standard InChI is InChI=1S/C13H15NOS.3C2H6/c1-11-14(9-10-16-11)13(15)8-7-12-5-3-2-4-6-12;3*1-2/h2-6H,1,7-10H2;3*1-2H3. The van der Waals surface area contributed by atoms with Crippen LogP contribution in [0.4, 0.5) is 0 Å². The molecule has 2 nitrogen and oxygen atoms in total. The molecular formula is C19H33NOS. The second-order valence-electron chi connectivity index (χ2n) is 3.77. The molecule has 1 saturated heterocycles. The first-order valence-corrected chi connectivity index (χ1v) is 9.42. The monoisotopic (exact) mass is 323 g/mol. The molecule has 0 saturated carbocycles. The zero-order chi connectivity index (χ0) is 17.4. The molecule has 0 radical (unpaired) electrons. The van der Waals surface area contributed by atoms with Gasteiger partial charge in [-0.15, -0.1) is 11.8 Å². The Labute approximate surface area is 142 Å². The molecule has 3 heteroatoms. The molecule has 1 fully saturated rings. The van der Waals surface area contributed by atoms with Gasteiger partial charge in [-0.2, -0.15) is 0 Å². The number of amides is 1. The van der Waals surface area contributed by atoms with Gasteiger partial charge in [-0.25, -0.2) is 0 Å². The first kappa shape index (κ1) is 23.1. The maximum absolute atomic E-state index is 11.9. The lowest BCUT2D eigenvalue weighted by molar-refractivity contribution is -0.128. The Morgan fingerprint density at radius 1 is 1.09 bits per heavy atom. The lowest BCUT2D eigenvalue weighted by Crippen LogP contribution is -2.26. The summed E-state index contributed by atoms with van der Waals surface area (Å²) in [7, 11) is 0. The number of nitrogens with zero attached hydrogens (tertiary/aromatic N) is 1. The van der Waals surface area contributed by atoms with Crippen molar-refractivity contribution in [1.82, 2.24) is 4.90 Å². The summed E-state index contributed by atoms with van der Waals surface area (Å²) in [5, 5.41) is 0.901. The van der Waals surface area contributed by atoms with E-state index in [1.165, 1.54) is 5.56 Å². The van der Waals surface area contributed by atoms with Gasteiger partial charge in [0, 0.05) is 18.7 Å². The van der Waals surface area contributed by atoms with E-state index >= 15 is 0 Å². The summed E-state index contributed by atoms with van der Waals surface area (Å²) in [6.07, 6.45) is 1.39. The fraction of sp³-hybridized carbons (Fsp3) is 0.526. The van der Waals surface area contributed by atoms with E-state index in [0.29, 0.717) is 6.42 Å². The number of aryl methyl sites for hydroxylation is 1. The molecule has 1 aromatic carbocycles. The number of hydrogen-bond acceptors (Lipinski definition) is 2. The lowest BCUT2D eigenvalue weighted by Gasteiger charge is -2.15. The molecule has 0 bridgehead atoms. The normalized spacial score (nSPS) is 12.1. The van der Waals surface area contributed by atoms with Gasteiger partial charge in [0.25, 0.3) is 0 Å². The highest BCUT2D eigenvalue weighted by Gasteiger charge is 2.21. The quantitative estimate of drug-likeness (QED) is 0.706. The Hall–Kier alpha value is -1.22. The predicted molar refractivity (Wildman–Crippen MR) is 102 cm³/mol. The highest BCUT2D eigenvalue weighted by atomic mass is 32.2. The molecular weight excluding hydrogens is 290 g/mol. The second-order valence-corrected chi connectivity index (χ2v) is 4.94. The highest BCUT2D eigenvalue weighted by Crippen LogP contribution is 2.26.